The first-order chi connectivity index (χ1) is 1.73. The molecule has 0 aromatic heterocycles. The van der Waals surface area contributed by atoms with E-state index in [0.717, 1.165) is 0 Å². The molecule has 3 N–H and O–H groups in total. The van der Waals surface area contributed by atoms with Crippen molar-refractivity contribution in [3.63, 3.8) is 0 Å². The third-order valence-corrected chi connectivity index (χ3v) is 0. The molecule has 0 radical (unpaired) electrons. The fraction of sp³-hybridized carbons (Fsp3) is 0. The van der Waals surface area contributed by atoms with E-state index in [1.54, 1.807) is 0 Å². The largest absolute Gasteiger partial charge is 2.00 e. The minimum absolute atomic E-state index is 0. The Hall–Kier alpha value is 1.15. The van der Waals surface area contributed by atoms with E-state index in [-0.39, 0.29) is 44.3 Å². The average Bonchev–Trinajstić information content (AvgIpc) is 0.811. The monoisotopic (exact) mass is 196 g/mol. The van der Waals surface area contributed by atoms with E-state index in [2.05, 4.69) is 0 Å². The SMILES string of the molecule is OB(O)O.[Cl-].[Cl-].[Zn+2]. The molecule has 0 amide bonds. The Labute approximate surface area is 66.9 Å². The Balaban J connectivity index is -0.0000000150. The maximum absolute atomic E-state index is 7.17. The van der Waals surface area contributed by atoms with Crippen molar-refractivity contribution < 1.29 is 59.4 Å². The summed E-state index contributed by atoms with van der Waals surface area (Å²) < 4.78 is 0. The van der Waals surface area contributed by atoms with Crippen molar-refractivity contribution in [2.24, 2.45) is 0 Å². The Morgan fingerprint density at radius 1 is 0.857 bits per heavy atom. The van der Waals surface area contributed by atoms with Gasteiger partial charge >= 0.3 is 26.8 Å². The summed E-state index contributed by atoms with van der Waals surface area (Å²) >= 11 is 0. The molecule has 0 fully saturated rings. The van der Waals surface area contributed by atoms with Gasteiger partial charge < -0.3 is 39.9 Å². The van der Waals surface area contributed by atoms with Crippen LogP contribution in [0.2, 0.25) is 0 Å². The van der Waals surface area contributed by atoms with Crippen molar-refractivity contribution >= 4 is 7.32 Å². The van der Waals surface area contributed by atoms with Crippen LogP contribution in [-0.4, -0.2) is 22.4 Å². The van der Waals surface area contributed by atoms with Crippen molar-refractivity contribution in [1.29, 1.82) is 0 Å². The molecule has 7 heavy (non-hydrogen) atoms. The molecule has 0 spiro atoms. The van der Waals surface area contributed by atoms with Crippen LogP contribution >= 0.6 is 0 Å². The summed E-state index contributed by atoms with van der Waals surface area (Å²) in [5.41, 5.74) is 0. The van der Waals surface area contributed by atoms with E-state index >= 15 is 0 Å². The number of halogens is 2. The fourth-order valence-electron chi connectivity index (χ4n) is 0. The van der Waals surface area contributed by atoms with Crippen LogP contribution in [0.15, 0.2) is 0 Å². The molecule has 40 valence electrons. The molecule has 0 heterocycles. The van der Waals surface area contributed by atoms with Crippen LogP contribution in [0.3, 0.4) is 0 Å². The molecule has 3 nitrogen and oxygen atoms in total. The van der Waals surface area contributed by atoms with Crippen molar-refractivity contribution in [3.8, 4) is 0 Å². The van der Waals surface area contributed by atoms with Gasteiger partial charge in [-0.1, -0.05) is 0 Å². The molecule has 0 unspecified atom stereocenters. The van der Waals surface area contributed by atoms with E-state index in [4.69, 9.17) is 15.1 Å². The minimum atomic E-state index is -2.17. The molecular weight excluding hydrogens is 195 g/mol. The molecule has 0 aliphatic carbocycles. The van der Waals surface area contributed by atoms with E-state index in [9.17, 15) is 0 Å². The molecule has 0 saturated carbocycles. The minimum Gasteiger partial charge on any atom is -1.00 e. The van der Waals surface area contributed by atoms with Gasteiger partial charge in [-0.3, -0.25) is 0 Å². The van der Waals surface area contributed by atoms with Gasteiger partial charge in [-0.2, -0.15) is 0 Å². The first kappa shape index (κ1) is 24.2. The maximum Gasteiger partial charge on any atom is 2.00 e. The van der Waals surface area contributed by atoms with Gasteiger partial charge in [-0.15, -0.1) is 0 Å². The van der Waals surface area contributed by atoms with Gasteiger partial charge in [0.05, 0.1) is 0 Å². The second-order valence-electron chi connectivity index (χ2n) is 0.346. The third-order valence-electron chi connectivity index (χ3n) is 0. The third kappa shape index (κ3) is 144. The molecule has 0 aliphatic heterocycles. The van der Waals surface area contributed by atoms with Crippen molar-refractivity contribution in [3.05, 3.63) is 0 Å². The van der Waals surface area contributed by atoms with E-state index in [1.165, 1.54) is 0 Å². The van der Waals surface area contributed by atoms with E-state index < -0.39 is 7.32 Å². The molecule has 7 heteroatoms. The van der Waals surface area contributed by atoms with Crippen molar-refractivity contribution in [2.45, 2.75) is 0 Å². The Bertz CT molecular complexity index is 17.7. The van der Waals surface area contributed by atoms with Crippen LogP contribution in [0.25, 0.3) is 0 Å². The van der Waals surface area contributed by atoms with Crippen LogP contribution < -0.4 is 24.8 Å². The van der Waals surface area contributed by atoms with Crippen LogP contribution in [0, 0.1) is 0 Å². The molecule has 0 atom stereocenters. The average molecular weight is 198 g/mol. The Morgan fingerprint density at radius 3 is 0.857 bits per heavy atom. The van der Waals surface area contributed by atoms with Crippen LogP contribution in [0.4, 0.5) is 0 Å². The van der Waals surface area contributed by atoms with E-state index in [1.807, 2.05) is 0 Å². The van der Waals surface area contributed by atoms with Crippen LogP contribution in [0.5, 0.6) is 0 Å². The smallest absolute Gasteiger partial charge is 1.00 e. The van der Waals surface area contributed by atoms with Gasteiger partial charge in [-0.25, -0.2) is 0 Å². The first-order valence-electron chi connectivity index (χ1n) is 0.775. The quantitative estimate of drug-likeness (QED) is 0.339. The zero-order valence-electron chi connectivity index (χ0n) is 3.38. The Morgan fingerprint density at radius 2 is 0.857 bits per heavy atom. The van der Waals surface area contributed by atoms with Crippen LogP contribution in [-0.2, 0) is 19.5 Å². The zero-order chi connectivity index (χ0) is 3.58. The van der Waals surface area contributed by atoms with Gasteiger partial charge in [0.15, 0.2) is 0 Å². The summed E-state index contributed by atoms with van der Waals surface area (Å²) in [5.74, 6) is 0. The maximum atomic E-state index is 7.17. The topological polar surface area (TPSA) is 60.7 Å². The van der Waals surface area contributed by atoms with Gasteiger partial charge in [0.25, 0.3) is 0 Å². The molecule has 0 aromatic rings. The Kier molecular flexibility index (Phi) is 54.3. The summed E-state index contributed by atoms with van der Waals surface area (Å²) in [5, 5.41) is 21.5. The summed E-state index contributed by atoms with van der Waals surface area (Å²) in [7, 11) is -2.17. The summed E-state index contributed by atoms with van der Waals surface area (Å²) in [6, 6.07) is 0. The standard InChI is InChI=1S/BH3O3.2ClH.Zn/c2-1(3)4;;;/h2-4H;2*1H;/q;;;+2/p-2. The molecule has 0 rings (SSSR count). The zero-order valence-corrected chi connectivity index (χ0v) is 7.86. The predicted molar refractivity (Wildman–Crippen MR) is 12.4 cm³/mol. The van der Waals surface area contributed by atoms with Crippen molar-refractivity contribution in [1.82, 2.24) is 0 Å². The van der Waals surface area contributed by atoms with Gasteiger partial charge in [-0.05, 0) is 0 Å². The van der Waals surface area contributed by atoms with Gasteiger partial charge in [0.1, 0.15) is 0 Å². The predicted octanol–water partition coefficient (Wildman–Crippen LogP) is -8.05. The van der Waals surface area contributed by atoms with Gasteiger partial charge in [0, 0.05) is 0 Å². The molecular formula is H3BCl2O3Zn. The normalized spacial score (nSPS) is 3.86. The summed E-state index contributed by atoms with van der Waals surface area (Å²) in [4.78, 5) is 0. The molecule has 0 aliphatic rings. The number of hydrogen-bond acceptors (Lipinski definition) is 3. The first-order valence-corrected chi connectivity index (χ1v) is 0.775. The molecule has 0 aromatic carbocycles. The number of hydrogen-bond donors (Lipinski definition) is 3. The summed E-state index contributed by atoms with van der Waals surface area (Å²) in [6.45, 7) is 0. The molecule has 0 bridgehead atoms. The van der Waals surface area contributed by atoms with Crippen molar-refractivity contribution in [2.75, 3.05) is 0 Å². The fourth-order valence-corrected chi connectivity index (χ4v) is 0. The summed E-state index contributed by atoms with van der Waals surface area (Å²) in [6.07, 6.45) is 0. The second kappa shape index (κ2) is 15.7. The van der Waals surface area contributed by atoms with Gasteiger partial charge in [0.2, 0.25) is 0 Å². The second-order valence-corrected chi connectivity index (χ2v) is 0.346. The van der Waals surface area contributed by atoms with Crippen LogP contribution in [0.1, 0.15) is 0 Å². The van der Waals surface area contributed by atoms with E-state index in [0.29, 0.717) is 0 Å². The number of rotatable bonds is 0. The molecule has 0 saturated heterocycles.